The number of ketones is 2. The number of nitrogens with zero attached hydrogens (tertiary/aromatic N) is 2. The van der Waals surface area contributed by atoms with Gasteiger partial charge in [-0.25, -0.2) is 4.79 Å². The van der Waals surface area contributed by atoms with Gasteiger partial charge in [-0.15, -0.1) is 0 Å². The van der Waals surface area contributed by atoms with Crippen LogP contribution < -0.4 is 5.32 Å². The molecule has 186 valence electrons. The summed E-state index contributed by atoms with van der Waals surface area (Å²) in [5.41, 5.74) is -1.45. The first kappa shape index (κ1) is 25.1. The summed E-state index contributed by atoms with van der Waals surface area (Å²) >= 11 is 5.78. The third kappa shape index (κ3) is 4.90. The van der Waals surface area contributed by atoms with Crippen LogP contribution in [0.1, 0.15) is 32.4 Å². The Morgan fingerprint density at radius 1 is 0.946 bits per heavy atom. The summed E-state index contributed by atoms with van der Waals surface area (Å²) < 4.78 is 5.29. The van der Waals surface area contributed by atoms with Gasteiger partial charge < -0.3 is 10.1 Å². The zero-order valence-corrected chi connectivity index (χ0v) is 19.2. The van der Waals surface area contributed by atoms with E-state index in [1.807, 2.05) is 0 Å². The number of carbonyl (C=O) groups excluding carboxylic acids is 4. The molecular formula is C24H14ClN3O9. The minimum absolute atomic E-state index is 0.00391. The van der Waals surface area contributed by atoms with Crippen molar-refractivity contribution in [1.82, 2.24) is 0 Å². The number of nitro groups is 2. The Hall–Kier alpha value is -4.97. The van der Waals surface area contributed by atoms with Crippen molar-refractivity contribution >= 4 is 52.1 Å². The SMILES string of the molecule is O=C(Nc1ccc(Cl)cc1[N+](=O)[O-])C(=O)[C@@H](C(=O)c1cccc([N+](=O)[O-])c1)[C@H]1OC(=O)c2ccccc21. The van der Waals surface area contributed by atoms with Crippen LogP contribution in [0.25, 0.3) is 0 Å². The van der Waals surface area contributed by atoms with Crippen LogP contribution >= 0.6 is 11.6 Å². The van der Waals surface area contributed by atoms with Gasteiger partial charge in [-0.2, -0.15) is 0 Å². The van der Waals surface area contributed by atoms with Crippen molar-refractivity contribution in [1.29, 1.82) is 0 Å². The Labute approximate surface area is 212 Å². The molecule has 1 N–H and O–H groups in total. The standard InChI is InChI=1S/C24H14ClN3O9/c25-13-8-9-17(18(11-13)28(35)36)26-23(31)21(30)19(20(29)12-4-3-5-14(10-12)27(33)34)22-15-6-1-2-7-16(15)24(32)37-22/h1-11,19,22H,(H,26,31)/t19-,22+/m1/s1. The fourth-order valence-corrected chi connectivity index (χ4v) is 4.02. The number of Topliss-reactive ketones (excluding diaryl/α,β-unsaturated/α-hetero) is 2. The van der Waals surface area contributed by atoms with Crippen LogP contribution in [0.2, 0.25) is 5.02 Å². The molecule has 13 heteroatoms. The number of halogens is 1. The summed E-state index contributed by atoms with van der Waals surface area (Å²) in [6.45, 7) is 0. The van der Waals surface area contributed by atoms with Gasteiger partial charge in [0, 0.05) is 34.3 Å². The molecule has 4 rings (SSSR count). The first-order chi connectivity index (χ1) is 17.6. The Bertz CT molecular complexity index is 1500. The average Bonchev–Trinajstić information content (AvgIpc) is 3.21. The number of carbonyl (C=O) groups is 4. The molecule has 1 aliphatic rings. The fourth-order valence-electron chi connectivity index (χ4n) is 3.85. The van der Waals surface area contributed by atoms with Crippen molar-refractivity contribution < 1.29 is 33.8 Å². The second-order valence-corrected chi connectivity index (χ2v) is 8.24. The van der Waals surface area contributed by atoms with E-state index in [0.29, 0.717) is 0 Å². The predicted octanol–water partition coefficient (Wildman–Crippen LogP) is 4.07. The lowest BCUT2D eigenvalue weighted by Gasteiger charge is -2.21. The zero-order valence-electron chi connectivity index (χ0n) is 18.5. The maximum absolute atomic E-state index is 13.5. The largest absolute Gasteiger partial charge is 0.453 e. The number of ether oxygens (including phenoxy) is 1. The highest BCUT2D eigenvalue weighted by Gasteiger charge is 2.46. The van der Waals surface area contributed by atoms with Gasteiger partial charge in [0.25, 0.3) is 17.3 Å². The molecule has 37 heavy (non-hydrogen) atoms. The molecule has 0 fully saturated rings. The van der Waals surface area contributed by atoms with Crippen LogP contribution in [0, 0.1) is 26.1 Å². The van der Waals surface area contributed by atoms with Crippen LogP contribution in [0.15, 0.2) is 66.7 Å². The summed E-state index contributed by atoms with van der Waals surface area (Å²) in [4.78, 5) is 73.2. The molecule has 0 saturated carbocycles. The molecule has 0 saturated heterocycles. The fraction of sp³-hybridized carbons (Fsp3) is 0.0833. The van der Waals surface area contributed by atoms with Gasteiger partial charge in [0.15, 0.2) is 5.78 Å². The predicted molar refractivity (Wildman–Crippen MR) is 127 cm³/mol. The van der Waals surface area contributed by atoms with Crippen molar-refractivity contribution in [2.45, 2.75) is 6.10 Å². The molecule has 0 radical (unpaired) electrons. The number of non-ortho nitro benzene ring substituents is 1. The van der Waals surface area contributed by atoms with Crippen molar-refractivity contribution in [2.24, 2.45) is 5.92 Å². The van der Waals surface area contributed by atoms with Gasteiger partial charge >= 0.3 is 5.97 Å². The molecule has 1 heterocycles. The van der Waals surface area contributed by atoms with Crippen molar-refractivity contribution in [3.63, 3.8) is 0 Å². The first-order valence-corrected chi connectivity index (χ1v) is 10.8. The van der Waals surface area contributed by atoms with Crippen LogP contribution in [-0.2, 0) is 14.3 Å². The van der Waals surface area contributed by atoms with Crippen LogP contribution in [-0.4, -0.2) is 33.3 Å². The van der Waals surface area contributed by atoms with E-state index in [0.717, 1.165) is 24.3 Å². The maximum Gasteiger partial charge on any atom is 0.339 e. The smallest absolute Gasteiger partial charge is 0.339 e. The van der Waals surface area contributed by atoms with Crippen molar-refractivity contribution in [2.75, 3.05) is 5.32 Å². The van der Waals surface area contributed by atoms with Gasteiger partial charge in [-0.05, 0) is 18.2 Å². The molecule has 0 aliphatic carbocycles. The number of benzene rings is 3. The highest BCUT2D eigenvalue weighted by molar-refractivity contribution is 6.45. The van der Waals surface area contributed by atoms with E-state index in [1.54, 1.807) is 0 Å². The average molecular weight is 524 g/mol. The summed E-state index contributed by atoms with van der Waals surface area (Å²) in [7, 11) is 0. The number of anilines is 1. The Balaban J connectivity index is 1.75. The molecule has 0 bridgehead atoms. The lowest BCUT2D eigenvalue weighted by atomic mass is 9.84. The molecule has 12 nitrogen and oxygen atoms in total. The lowest BCUT2D eigenvalue weighted by molar-refractivity contribution is -0.384. The summed E-state index contributed by atoms with van der Waals surface area (Å²) in [6.07, 6.45) is -1.52. The lowest BCUT2D eigenvalue weighted by Crippen LogP contribution is -2.38. The summed E-state index contributed by atoms with van der Waals surface area (Å²) in [5.74, 6) is -6.59. The van der Waals surface area contributed by atoms with Crippen LogP contribution in [0.3, 0.4) is 0 Å². The van der Waals surface area contributed by atoms with Gasteiger partial charge in [-0.3, -0.25) is 34.6 Å². The van der Waals surface area contributed by atoms with Crippen molar-refractivity contribution in [3.05, 3.63) is 109 Å². The highest BCUT2D eigenvalue weighted by atomic mass is 35.5. The van der Waals surface area contributed by atoms with Gasteiger partial charge in [-0.1, -0.05) is 41.9 Å². The minimum atomic E-state index is -1.94. The number of amides is 1. The number of hydrogen-bond donors (Lipinski definition) is 1. The van der Waals surface area contributed by atoms with Gasteiger partial charge in [0.05, 0.1) is 15.4 Å². The molecule has 2 atom stereocenters. The number of esters is 1. The van der Waals surface area contributed by atoms with Crippen LogP contribution in [0.5, 0.6) is 0 Å². The Morgan fingerprint density at radius 3 is 2.38 bits per heavy atom. The van der Waals surface area contributed by atoms with Gasteiger partial charge in [0.1, 0.15) is 17.7 Å². The minimum Gasteiger partial charge on any atom is -0.453 e. The van der Waals surface area contributed by atoms with E-state index in [2.05, 4.69) is 5.32 Å². The van der Waals surface area contributed by atoms with E-state index < -0.39 is 56.7 Å². The van der Waals surface area contributed by atoms with E-state index in [-0.39, 0.29) is 27.4 Å². The highest BCUT2D eigenvalue weighted by Crippen LogP contribution is 2.38. The van der Waals surface area contributed by atoms with E-state index in [1.165, 1.54) is 42.5 Å². The Kier molecular flexibility index (Phi) is 6.76. The topological polar surface area (TPSA) is 176 Å². The quantitative estimate of drug-likeness (QED) is 0.114. The van der Waals surface area contributed by atoms with E-state index in [9.17, 15) is 39.4 Å². The van der Waals surface area contributed by atoms with Crippen molar-refractivity contribution in [3.8, 4) is 0 Å². The number of rotatable bonds is 8. The number of nitrogens with one attached hydrogen (secondary N) is 1. The molecule has 1 amide bonds. The van der Waals surface area contributed by atoms with E-state index >= 15 is 0 Å². The van der Waals surface area contributed by atoms with Gasteiger partial charge in [0.2, 0.25) is 5.78 Å². The molecule has 0 unspecified atom stereocenters. The molecule has 3 aromatic carbocycles. The number of nitro benzene ring substituents is 2. The molecular weight excluding hydrogens is 510 g/mol. The summed E-state index contributed by atoms with van der Waals surface area (Å²) in [5, 5.41) is 24.7. The number of cyclic esters (lactones) is 1. The molecule has 1 aliphatic heterocycles. The second kappa shape index (κ2) is 9.95. The molecule has 0 aromatic heterocycles. The van der Waals surface area contributed by atoms with E-state index in [4.69, 9.17) is 16.3 Å². The third-order valence-electron chi connectivity index (χ3n) is 5.56. The first-order valence-electron chi connectivity index (χ1n) is 10.5. The maximum atomic E-state index is 13.5. The molecule has 0 spiro atoms. The molecule has 3 aromatic rings. The zero-order chi connectivity index (χ0) is 26.9. The number of fused-ring (bicyclic) bond motifs is 1. The second-order valence-electron chi connectivity index (χ2n) is 7.80. The van der Waals surface area contributed by atoms with Crippen LogP contribution in [0.4, 0.5) is 17.1 Å². The third-order valence-corrected chi connectivity index (χ3v) is 5.79. The number of hydrogen-bond acceptors (Lipinski definition) is 9. The normalized spacial score (nSPS) is 14.7. The Morgan fingerprint density at radius 2 is 1.68 bits per heavy atom. The summed E-state index contributed by atoms with van der Waals surface area (Å²) in [6, 6.07) is 13.7. The monoisotopic (exact) mass is 523 g/mol.